The highest BCUT2D eigenvalue weighted by molar-refractivity contribution is 5.79. The van der Waals surface area contributed by atoms with E-state index in [1.54, 1.807) is 13.8 Å². The van der Waals surface area contributed by atoms with Crippen molar-refractivity contribution in [2.75, 3.05) is 6.61 Å². The van der Waals surface area contributed by atoms with Crippen LogP contribution in [0.5, 0.6) is 5.75 Å². The predicted molar refractivity (Wildman–Crippen MR) is 78.2 cm³/mol. The van der Waals surface area contributed by atoms with E-state index in [2.05, 4.69) is 11.4 Å². The number of rotatable bonds is 6. The minimum absolute atomic E-state index is 0.00240. The molecule has 0 heterocycles. The zero-order valence-electron chi connectivity index (χ0n) is 12.5. The molecule has 1 aromatic carbocycles. The third kappa shape index (κ3) is 3.52. The zero-order chi connectivity index (χ0) is 16.3. The van der Waals surface area contributed by atoms with Crippen LogP contribution in [0.1, 0.15) is 25.3 Å². The zero-order valence-corrected chi connectivity index (χ0v) is 12.5. The molecule has 0 aromatic heterocycles. The van der Waals surface area contributed by atoms with Crippen molar-refractivity contribution in [1.29, 1.82) is 5.26 Å². The van der Waals surface area contributed by atoms with Gasteiger partial charge in [-0.05, 0) is 44.7 Å². The molecule has 1 aromatic rings. The second-order valence-corrected chi connectivity index (χ2v) is 5.63. The fourth-order valence-electron chi connectivity index (χ4n) is 2.28. The number of nitrogens with zero attached hydrogens (tertiary/aromatic N) is 2. The summed E-state index contributed by atoms with van der Waals surface area (Å²) in [5.74, 6) is 0.193. The monoisotopic (exact) mass is 303 g/mol. The van der Waals surface area contributed by atoms with Gasteiger partial charge in [-0.25, -0.2) is 0 Å². The normalized spacial score (nSPS) is 16.2. The average molecular weight is 303 g/mol. The summed E-state index contributed by atoms with van der Waals surface area (Å²) in [5, 5.41) is 22.6. The number of nitro groups is 1. The van der Waals surface area contributed by atoms with Gasteiger partial charge in [0.15, 0.2) is 6.61 Å². The molecule has 0 radical (unpaired) electrons. The number of hydrogen-bond donors (Lipinski definition) is 1. The number of nitro benzene ring substituents is 1. The summed E-state index contributed by atoms with van der Waals surface area (Å²) in [6.07, 6.45) is 1.87. The highest BCUT2D eigenvalue weighted by atomic mass is 16.6. The Labute approximate surface area is 128 Å². The molecule has 0 aliphatic heterocycles. The van der Waals surface area contributed by atoms with Gasteiger partial charge in [0.05, 0.1) is 11.0 Å². The van der Waals surface area contributed by atoms with Crippen molar-refractivity contribution in [3.63, 3.8) is 0 Å². The fraction of sp³-hybridized carbons (Fsp3) is 0.467. The standard InChI is InChI=1S/C15H17N3O4/c1-10-7-12(5-6-13(10)18(20)21)22-8-14(19)17-15(2,9-16)11-3-4-11/h5-7,11H,3-4,8H2,1-2H3,(H,17,19). The predicted octanol–water partition coefficient (Wildman–Crippen LogP) is 2.09. The summed E-state index contributed by atoms with van der Waals surface area (Å²) in [7, 11) is 0. The van der Waals surface area contributed by atoms with Gasteiger partial charge in [0.1, 0.15) is 11.3 Å². The Kier molecular flexibility index (Phi) is 4.31. The van der Waals surface area contributed by atoms with Gasteiger partial charge in [-0.3, -0.25) is 14.9 Å². The van der Waals surface area contributed by atoms with Crippen molar-refractivity contribution in [3.05, 3.63) is 33.9 Å². The van der Waals surface area contributed by atoms with E-state index in [0.717, 1.165) is 12.8 Å². The van der Waals surface area contributed by atoms with Crippen LogP contribution in [0.25, 0.3) is 0 Å². The van der Waals surface area contributed by atoms with Gasteiger partial charge in [-0.1, -0.05) is 0 Å². The van der Waals surface area contributed by atoms with E-state index in [1.807, 2.05) is 0 Å². The van der Waals surface area contributed by atoms with Gasteiger partial charge >= 0.3 is 0 Å². The number of carbonyl (C=O) groups excluding carboxylic acids is 1. The van der Waals surface area contributed by atoms with Crippen molar-refractivity contribution in [2.24, 2.45) is 5.92 Å². The van der Waals surface area contributed by atoms with Crippen LogP contribution in [0.2, 0.25) is 0 Å². The van der Waals surface area contributed by atoms with Crippen LogP contribution in [-0.4, -0.2) is 23.0 Å². The lowest BCUT2D eigenvalue weighted by Crippen LogP contribution is -2.48. The van der Waals surface area contributed by atoms with Crippen LogP contribution in [0, 0.1) is 34.3 Å². The van der Waals surface area contributed by atoms with Crippen LogP contribution < -0.4 is 10.1 Å². The van der Waals surface area contributed by atoms with Gasteiger partial charge in [0.2, 0.25) is 0 Å². The van der Waals surface area contributed by atoms with E-state index in [9.17, 15) is 20.2 Å². The minimum atomic E-state index is -0.855. The maximum atomic E-state index is 11.9. The largest absolute Gasteiger partial charge is 0.484 e. The van der Waals surface area contributed by atoms with Gasteiger partial charge in [-0.15, -0.1) is 0 Å². The molecule has 7 nitrogen and oxygen atoms in total. The molecule has 7 heteroatoms. The Morgan fingerprint density at radius 1 is 1.59 bits per heavy atom. The summed E-state index contributed by atoms with van der Waals surface area (Å²) in [5.41, 5.74) is -0.392. The van der Waals surface area contributed by atoms with E-state index < -0.39 is 10.5 Å². The second kappa shape index (κ2) is 6.02. The summed E-state index contributed by atoms with van der Waals surface area (Å²) >= 11 is 0. The van der Waals surface area contributed by atoms with Crippen molar-refractivity contribution in [1.82, 2.24) is 5.32 Å². The summed E-state index contributed by atoms with van der Waals surface area (Å²) in [4.78, 5) is 22.1. The van der Waals surface area contributed by atoms with Crippen molar-refractivity contribution >= 4 is 11.6 Å². The van der Waals surface area contributed by atoms with E-state index >= 15 is 0 Å². The van der Waals surface area contributed by atoms with Crippen molar-refractivity contribution < 1.29 is 14.5 Å². The molecule has 1 N–H and O–H groups in total. The number of ether oxygens (including phenoxy) is 1. The maximum Gasteiger partial charge on any atom is 0.272 e. The first-order valence-corrected chi connectivity index (χ1v) is 6.96. The highest BCUT2D eigenvalue weighted by Gasteiger charge is 2.43. The van der Waals surface area contributed by atoms with Crippen molar-refractivity contribution in [3.8, 4) is 11.8 Å². The number of hydrogen-bond acceptors (Lipinski definition) is 5. The number of nitrogens with one attached hydrogen (secondary N) is 1. The molecule has 2 rings (SSSR count). The first-order valence-electron chi connectivity index (χ1n) is 6.96. The number of aryl methyl sites for hydroxylation is 1. The van der Waals surface area contributed by atoms with Crippen molar-refractivity contribution in [2.45, 2.75) is 32.2 Å². The molecule has 1 fully saturated rings. The van der Waals surface area contributed by atoms with Gasteiger partial charge < -0.3 is 10.1 Å². The quantitative estimate of drug-likeness (QED) is 0.640. The Morgan fingerprint density at radius 3 is 2.77 bits per heavy atom. The smallest absolute Gasteiger partial charge is 0.272 e. The van der Waals surface area contributed by atoms with E-state index in [-0.39, 0.29) is 24.1 Å². The topological polar surface area (TPSA) is 105 Å². The fourth-order valence-corrected chi connectivity index (χ4v) is 2.28. The van der Waals surface area contributed by atoms with Crippen LogP contribution in [-0.2, 0) is 4.79 Å². The molecule has 1 atom stereocenters. The summed E-state index contributed by atoms with van der Waals surface area (Å²) in [6.45, 7) is 3.07. The van der Waals surface area contributed by atoms with Gasteiger partial charge in [0, 0.05) is 11.6 Å². The lowest BCUT2D eigenvalue weighted by atomic mass is 9.98. The molecule has 0 spiro atoms. The van der Waals surface area contributed by atoms with E-state index in [0.29, 0.717) is 11.3 Å². The first-order chi connectivity index (χ1) is 10.4. The molecule has 1 saturated carbocycles. The molecular weight excluding hydrogens is 286 g/mol. The van der Waals surface area contributed by atoms with Gasteiger partial charge in [0.25, 0.3) is 11.6 Å². The Morgan fingerprint density at radius 2 is 2.27 bits per heavy atom. The lowest BCUT2D eigenvalue weighted by Gasteiger charge is -2.22. The van der Waals surface area contributed by atoms with Gasteiger partial charge in [-0.2, -0.15) is 5.26 Å². The van der Waals surface area contributed by atoms with E-state index in [1.165, 1.54) is 18.2 Å². The molecule has 116 valence electrons. The molecule has 1 aliphatic rings. The summed E-state index contributed by atoms with van der Waals surface area (Å²) in [6, 6.07) is 6.43. The molecule has 0 bridgehead atoms. The number of amides is 1. The second-order valence-electron chi connectivity index (χ2n) is 5.63. The van der Waals surface area contributed by atoms with E-state index in [4.69, 9.17) is 4.74 Å². The Balaban J connectivity index is 1.93. The SMILES string of the molecule is Cc1cc(OCC(=O)NC(C)(C#N)C2CC2)ccc1[N+](=O)[O-]. The molecule has 22 heavy (non-hydrogen) atoms. The highest BCUT2D eigenvalue weighted by Crippen LogP contribution is 2.39. The molecule has 1 unspecified atom stereocenters. The Bertz CT molecular complexity index is 649. The third-order valence-corrected chi connectivity index (χ3v) is 3.76. The van der Waals surface area contributed by atoms with Crippen LogP contribution in [0.3, 0.4) is 0 Å². The number of nitriles is 1. The summed E-state index contributed by atoms with van der Waals surface area (Å²) < 4.78 is 5.33. The third-order valence-electron chi connectivity index (χ3n) is 3.76. The number of carbonyl (C=O) groups is 1. The molecule has 1 aliphatic carbocycles. The Hall–Kier alpha value is -2.62. The van der Waals surface area contributed by atoms with Crippen LogP contribution >= 0.6 is 0 Å². The molecular formula is C15H17N3O4. The average Bonchev–Trinajstić information content (AvgIpc) is 3.29. The first kappa shape index (κ1) is 15.8. The molecule has 0 saturated heterocycles. The van der Waals surface area contributed by atoms with Crippen LogP contribution in [0.4, 0.5) is 5.69 Å². The minimum Gasteiger partial charge on any atom is -0.484 e. The number of benzene rings is 1. The molecule has 1 amide bonds. The maximum absolute atomic E-state index is 11.9. The lowest BCUT2D eigenvalue weighted by molar-refractivity contribution is -0.385. The van der Waals surface area contributed by atoms with Crippen LogP contribution in [0.15, 0.2) is 18.2 Å².